The summed E-state index contributed by atoms with van der Waals surface area (Å²) in [4.78, 5) is 0. The highest BCUT2D eigenvalue weighted by atomic mass is 16.5. The maximum atomic E-state index is 8.48. The lowest BCUT2D eigenvalue weighted by molar-refractivity contribution is 0.357. The zero-order chi connectivity index (χ0) is 13.8. The molecule has 20 heavy (non-hydrogen) atoms. The first kappa shape index (κ1) is 12.4. The van der Waals surface area contributed by atoms with Crippen molar-refractivity contribution in [3.8, 4) is 23.1 Å². The normalized spacial score (nSPS) is 12.3. The smallest absolute Gasteiger partial charge is 0.148 e. The third kappa shape index (κ3) is 2.54. The van der Waals surface area contributed by atoms with Gasteiger partial charge in [0.1, 0.15) is 11.6 Å². The first-order valence-corrected chi connectivity index (χ1v) is 6.57. The molecule has 0 bridgehead atoms. The standard InChI is InChI=1S/C15H14N4O/c16-7-1-8-17-15-5-3-13(18-19-15)11-2-4-14-12(10-11)6-9-20-14/h2-5,10H,1,6,8-9H2,(H,17,19). The monoisotopic (exact) mass is 266 g/mol. The largest absolute Gasteiger partial charge is 0.493 e. The van der Waals surface area contributed by atoms with Crippen molar-refractivity contribution in [1.29, 1.82) is 5.26 Å². The van der Waals surface area contributed by atoms with Crippen LogP contribution in [0.2, 0.25) is 0 Å². The van der Waals surface area contributed by atoms with Crippen LogP contribution in [0.3, 0.4) is 0 Å². The lowest BCUT2D eigenvalue weighted by Gasteiger charge is -2.05. The molecule has 3 rings (SSSR count). The number of aromatic nitrogens is 2. The minimum atomic E-state index is 0.453. The van der Waals surface area contributed by atoms with Gasteiger partial charge in [-0.2, -0.15) is 5.26 Å². The third-order valence-electron chi connectivity index (χ3n) is 3.19. The van der Waals surface area contributed by atoms with E-state index in [0.717, 1.165) is 30.0 Å². The summed E-state index contributed by atoms with van der Waals surface area (Å²) >= 11 is 0. The Balaban J connectivity index is 1.76. The van der Waals surface area contributed by atoms with E-state index in [1.807, 2.05) is 24.3 Å². The van der Waals surface area contributed by atoms with Gasteiger partial charge >= 0.3 is 0 Å². The topological polar surface area (TPSA) is 70.8 Å². The van der Waals surface area contributed by atoms with Gasteiger partial charge in [0.15, 0.2) is 0 Å². The fraction of sp³-hybridized carbons (Fsp3) is 0.267. The molecule has 0 spiro atoms. The molecule has 5 nitrogen and oxygen atoms in total. The second-order valence-electron chi connectivity index (χ2n) is 4.56. The van der Waals surface area contributed by atoms with Gasteiger partial charge in [-0.05, 0) is 35.9 Å². The van der Waals surface area contributed by atoms with Crippen molar-refractivity contribution in [2.45, 2.75) is 12.8 Å². The molecule has 1 aliphatic rings. The van der Waals surface area contributed by atoms with E-state index in [2.05, 4.69) is 27.6 Å². The number of benzene rings is 1. The van der Waals surface area contributed by atoms with Crippen LogP contribution in [0.1, 0.15) is 12.0 Å². The predicted octanol–water partition coefficient (Wildman–Crippen LogP) is 2.40. The van der Waals surface area contributed by atoms with Crippen LogP contribution in [0.15, 0.2) is 30.3 Å². The summed E-state index contributed by atoms with van der Waals surface area (Å²) in [5.74, 6) is 1.66. The Labute approximate surface area is 117 Å². The third-order valence-corrected chi connectivity index (χ3v) is 3.19. The molecule has 0 amide bonds. The molecule has 2 aromatic rings. The average Bonchev–Trinajstić information content (AvgIpc) is 2.96. The van der Waals surface area contributed by atoms with Crippen LogP contribution in [0.25, 0.3) is 11.3 Å². The maximum Gasteiger partial charge on any atom is 0.148 e. The Morgan fingerprint density at radius 2 is 2.20 bits per heavy atom. The van der Waals surface area contributed by atoms with Crippen molar-refractivity contribution in [3.63, 3.8) is 0 Å². The van der Waals surface area contributed by atoms with E-state index in [1.165, 1.54) is 5.56 Å². The molecule has 100 valence electrons. The molecule has 0 radical (unpaired) electrons. The summed E-state index contributed by atoms with van der Waals surface area (Å²) in [6.07, 6.45) is 1.40. The molecule has 0 saturated heterocycles. The molecular formula is C15H14N4O. The molecular weight excluding hydrogens is 252 g/mol. The van der Waals surface area contributed by atoms with E-state index in [0.29, 0.717) is 18.8 Å². The molecule has 2 heterocycles. The Hall–Kier alpha value is -2.61. The minimum absolute atomic E-state index is 0.453. The number of hydrogen-bond donors (Lipinski definition) is 1. The first-order chi connectivity index (χ1) is 9.86. The average molecular weight is 266 g/mol. The molecule has 5 heteroatoms. The molecule has 1 N–H and O–H groups in total. The fourth-order valence-electron chi connectivity index (χ4n) is 2.17. The van der Waals surface area contributed by atoms with Crippen LogP contribution in [0.5, 0.6) is 5.75 Å². The van der Waals surface area contributed by atoms with E-state index < -0.39 is 0 Å². The van der Waals surface area contributed by atoms with Crippen LogP contribution in [0.4, 0.5) is 5.82 Å². The number of anilines is 1. The molecule has 1 aliphatic heterocycles. The number of fused-ring (bicyclic) bond motifs is 1. The second-order valence-corrected chi connectivity index (χ2v) is 4.56. The summed E-state index contributed by atoms with van der Waals surface area (Å²) in [5.41, 5.74) is 3.11. The molecule has 0 fully saturated rings. The Kier molecular flexibility index (Phi) is 3.46. The maximum absolute atomic E-state index is 8.48. The van der Waals surface area contributed by atoms with Crippen molar-refractivity contribution in [2.24, 2.45) is 0 Å². The number of nitrogens with one attached hydrogen (secondary N) is 1. The molecule has 0 saturated carbocycles. The van der Waals surface area contributed by atoms with Crippen molar-refractivity contribution in [2.75, 3.05) is 18.5 Å². The first-order valence-electron chi connectivity index (χ1n) is 6.57. The molecule has 1 aromatic heterocycles. The quantitative estimate of drug-likeness (QED) is 0.860. The zero-order valence-corrected chi connectivity index (χ0v) is 11.0. The fourth-order valence-corrected chi connectivity index (χ4v) is 2.17. The molecule has 0 atom stereocenters. The summed E-state index contributed by atoms with van der Waals surface area (Å²) in [6.45, 7) is 1.34. The van der Waals surface area contributed by atoms with E-state index in [1.54, 1.807) is 0 Å². The van der Waals surface area contributed by atoms with Gasteiger partial charge in [0.25, 0.3) is 0 Å². The molecule has 0 unspecified atom stereocenters. The summed E-state index contributed by atoms with van der Waals surface area (Å²) in [6, 6.07) is 12.0. The number of nitrogens with zero attached hydrogens (tertiary/aromatic N) is 3. The van der Waals surface area contributed by atoms with E-state index in [9.17, 15) is 0 Å². The highest BCUT2D eigenvalue weighted by Gasteiger charge is 2.13. The van der Waals surface area contributed by atoms with Crippen LogP contribution in [-0.4, -0.2) is 23.3 Å². The number of nitriles is 1. The Bertz CT molecular complexity index is 646. The number of rotatable bonds is 4. The lowest BCUT2D eigenvalue weighted by Crippen LogP contribution is -2.03. The lowest BCUT2D eigenvalue weighted by atomic mass is 10.1. The van der Waals surface area contributed by atoms with E-state index in [4.69, 9.17) is 10.00 Å². The summed E-state index contributed by atoms with van der Waals surface area (Å²) < 4.78 is 5.49. The SMILES string of the molecule is N#CCCNc1ccc(-c2ccc3c(c2)CCO3)nn1. The van der Waals surface area contributed by atoms with Gasteiger partial charge in [0.05, 0.1) is 24.8 Å². The van der Waals surface area contributed by atoms with Gasteiger partial charge in [-0.1, -0.05) is 0 Å². The second kappa shape index (κ2) is 5.57. The van der Waals surface area contributed by atoms with Gasteiger partial charge in [-0.3, -0.25) is 0 Å². The van der Waals surface area contributed by atoms with Crippen LogP contribution in [-0.2, 0) is 6.42 Å². The van der Waals surface area contributed by atoms with E-state index in [-0.39, 0.29) is 0 Å². The number of ether oxygens (including phenoxy) is 1. The predicted molar refractivity (Wildman–Crippen MR) is 75.4 cm³/mol. The van der Waals surface area contributed by atoms with Crippen LogP contribution >= 0.6 is 0 Å². The van der Waals surface area contributed by atoms with Crippen molar-refractivity contribution < 1.29 is 4.74 Å². The van der Waals surface area contributed by atoms with Crippen molar-refractivity contribution >= 4 is 5.82 Å². The minimum Gasteiger partial charge on any atom is -0.493 e. The van der Waals surface area contributed by atoms with Crippen LogP contribution < -0.4 is 10.1 Å². The van der Waals surface area contributed by atoms with E-state index >= 15 is 0 Å². The Morgan fingerprint density at radius 3 is 3.00 bits per heavy atom. The number of hydrogen-bond acceptors (Lipinski definition) is 5. The zero-order valence-electron chi connectivity index (χ0n) is 11.0. The van der Waals surface area contributed by atoms with Gasteiger partial charge in [0, 0.05) is 18.5 Å². The highest BCUT2D eigenvalue weighted by molar-refractivity contribution is 5.63. The van der Waals surface area contributed by atoms with Crippen LogP contribution in [0, 0.1) is 11.3 Å². The molecule has 0 aliphatic carbocycles. The van der Waals surface area contributed by atoms with Crippen molar-refractivity contribution in [1.82, 2.24) is 10.2 Å². The van der Waals surface area contributed by atoms with Crippen molar-refractivity contribution in [3.05, 3.63) is 35.9 Å². The van der Waals surface area contributed by atoms with Gasteiger partial charge in [-0.15, -0.1) is 10.2 Å². The highest BCUT2D eigenvalue weighted by Crippen LogP contribution is 2.29. The van der Waals surface area contributed by atoms with Gasteiger partial charge in [-0.25, -0.2) is 0 Å². The van der Waals surface area contributed by atoms with Gasteiger partial charge in [0.2, 0.25) is 0 Å². The summed E-state index contributed by atoms with van der Waals surface area (Å²) in [7, 11) is 0. The molecule has 1 aromatic carbocycles. The Morgan fingerprint density at radius 1 is 1.25 bits per heavy atom. The summed E-state index contributed by atoms with van der Waals surface area (Å²) in [5, 5.41) is 19.9. The van der Waals surface area contributed by atoms with Gasteiger partial charge < -0.3 is 10.1 Å².